The normalized spacial score (nSPS) is 23.1. The number of nitrogens with zero attached hydrogens (tertiary/aromatic N) is 3. The first-order chi connectivity index (χ1) is 19.5. The topological polar surface area (TPSA) is 69.0 Å². The van der Waals surface area contributed by atoms with Gasteiger partial charge in [0.15, 0.2) is 0 Å². The van der Waals surface area contributed by atoms with Crippen LogP contribution < -0.4 is 5.32 Å². The van der Waals surface area contributed by atoms with Gasteiger partial charge in [-0.05, 0) is 88.6 Å². The van der Waals surface area contributed by atoms with E-state index in [9.17, 15) is 9.59 Å². The second kappa shape index (κ2) is 14.8. The number of carbonyl (C=O) groups excluding carboxylic acids is 2. The summed E-state index contributed by atoms with van der Waals surface area (Å²) in [5.41, 5.74) is 1.07. The maximum atomic E-state index is 14.2. The van der Waals surface area contributed by atoms with Crippen LogP contribution >= 0.6 is 24.0 Å². The van der Waals surface area contributed by atoms with Crippen molar-refractivity contribution in [1.29, 1.82) is 0 Å². The third-order valence-corrected chi connectivity index (χ3v) is 9.58. The van der Waals surface area contributed by atoms with Crippen LogP contribution in [0.1, 0.15) is 83.0 Å². The van der Waals surface area contributed by atoms with Crippen LogP contribution in [0.25, 0.3) is 0 Å². The van der Waals surface area contributed by atoms with Gasteiger partial charge in [-0.3, -0.25) is 10.1 Å². The highest BCUT2D eigenvalue weighted by atomic mass is 35.5. The Bertz CT molecular complexity index is 1090. The Labute approximate surface area is 256 Å². The molecule has 1 aromatic carbocycles. The van der Waals surface area contributed by atoms with Gasteiger partial charge in [0.25, 0.3) is 0 Å². The van der Waals surface area contributed by atoms with E-state index in [0.29, 0.717) is 24.0 Å². The van der Waals surface area contributed by atoms with E-state index in [0.717, 1.165) is 62.9 Å². The third kappa shape index (κ3) is 7.41. The summed E-state index contributed by atoms with van der Waals surface area (Å²) in [6, 6.07) is 12.3. The third-order valence-electron chi connectivity index (χ3n) is 9.33. The molecule has 3 amide bonds. The molecule has 1 aliphatic carbocycles. The number of amides is 3. The van der Waals surface area contributed by atoms with Crippen molar-refractivity contribution in [2.45, 2.75) is 115 Å². The number of carbonyl (C=O) groups is 2. The Balaban J connectivity index is 0.00000387. The van der Waals surface area contributed by atoms with Gasteiger partial charge in [-0.15, -0.1) is 12.4 Å². The fourth-order valence-electron chi connectivity index (χ4n) is 7.28. The van der Waals surface area contributed by atoms with Crippen molar-refractivity contribution in [3.05, 3.63) is 59.0 Å². The van der Waals surface area contributed by atoms with E-state index in [-0.39, 0.29) is 48.5 Å². The predicted octanol–water partition coefficient (Wildman–Crippen LogP) is 6.67. The zero-order valence-electron chi connectivity index (χ0n) is 24.5. The van der Waals surface area contributed by atoms with Gasteiger partial charge in [-0.1, -0.05) is 43.0 Å². The maximum Gasteiger partial charge on any atom is 0.320 e. The minimum absolute atomic E-state index is 0. The molecule has 1 saturated carbocycles. The zero-order valence-corrected chi connectivity index (χ0v) is 26.0. The molecule has 9 heteroatoms. The molecular formula is C32H46Cl2N4O3. The zero-order chi connectivity index (χ0) is 28.1. The highest BCUT2D eigenvalue weighted by molar-refractivity contribution is 6.30. The molecule has 2 unspecified atom stereocenters. The van der Waals surface area contributed by atoms with Gasteiger partial charge in [-0.2, -0.15) is 0 Å². The summed E-state index contributed by atoms with van der Waals surface area (Å²) in [5.74, 6) is 0.973. The Morgan fingerprint density at radius 1 is 0.976 bits per heavy atom. The molecule has 3 fully saturated rings. The van der Waals surface area contributed by atoms with Gasteiger partial charge in [0.05, 0.1) is 18.8 Å². The van der Waals surface area contributed by atoms with Gasteiger partial charge in [0.2, 0.25) is 5.91 Å². The highest BCUT2D eigenvalue weighted by Gasteiger charge is 2.48. The quantitative estimate of drug-likeness (QED) is 0.328. The van der Waals surface area contributed by atoms with Gasteiger partial charge < -0.3 is 19.1 Å². The first kappa shape index (κ1) is 31.7. The lowest BCUT2D eigenvalue weighted by molar-refractivity contribution is -0.139. The van der Waals surface area contributed by atoms with E-state index in [1.807, 2.05) is 41.3 Å². The molecule has 0 radical (unpaired) electrons. The Morgan fingerprint density at radius 2 is 1.63 bits per heavy atom. The second-order valence-corrected chi connectivity index (χ2v) is 12.2. The summed E-state index contributed by atoms with van der Waals surface area (Å²) >= 11 is 6.13. The van der Waals surface area contributed by atoms with Crippen molar-refractivity contribution in [2.75, 3.05) is 13.1 Å². The molecule has 226 valence electrons. The molecule has 41 heavy (non-hydrogen) atoms. The standard InChI is InChI=1S/C32H45ClN4O3.ClH/c1-3-35(4-2)32(39)37(25-9-6-5-7-10-25)28-20-26-16-17-27(21-28)36(26)31(38)30(34-22-29-11-8-18-40-29)19-23-12-14-24(33)15-13-23;/h8,11-15,18,25-28,30,34H,3-7,9-10,16-17,19-22H2,1-2H3;1H/t26?,27?,28?,30-;/m1./s1. The molecule has 2 aromatic rings. The van der Waals surface area contributed by atoms with Crippen molar-refractivity contribution in [3.63, 3.8) is 0 Å². The number of hydrogen-bond donors (Lipinski definition) is 1. The molecule has 5 rings (SSSR count). The average molecular weight is 606 g/mol. The second-order valence-electron chi connectivity index (χ2n) is 11.8. The summed E-state index contributed by atoms with van der Waals surface area (Å²) in [6.07, 6.45) is 11.9. The van der Waals surface area contributed by atoms with Crippen LogP contribution in [-0.4, -0.2) is 69.9 Å². The van der Waals surface area contributed by atoms with Crippen molar-refractivity contribution >= 4 is 35.9 Å². The van der Waals surface area contributed by atoms with Crippen molar-refractivity contribution in [2.24, 2.45) is 0 Å². The van der Waals surface area contributed by atoms with Crippen LogP contribution in [0.5, 0.6) is 0 Å². The van der Waals surface area contributed by atoms with Crippen molar-refractivity contribution in [1.82, 2.24) is 20.0 Å². The fourth-order valence-corrected chi connectivity index (χ4v) is 7.41. The fraction of sp³-hybridized carbons (Fsp3) is 0.625. The minimum atomic E-state index is -0.363. The van der Waals surface area contributed by atoms with Gasteiger partial charge in [0, 0.05) is 42.3 Å². The molecule has 2 aliphatic heterocycles. The lowest BCUT2D eigenvalue weighted by Gasteiger charge is -2.48. The summed E-state index contributed by atoms with van der Waals surface area (Å²) in [6.45, 7) is 6.10. The summed E-state index contributed by atoms with van der Waals surface area (Å²) < 4.78 is 5.54. The number of nitrogens with one attached hydrogen (secondary N) is 1. The monoisotopic (exact) mass is 604 g/mol. The Hall–Kier alpha value is -2.22. The minimum Gasteiger partial charge on any atom is -0.468 e. The van der Waals surface area contributed by atoms with E-state index in [2.05, 4.69) is 29.0 Å². The summed E-state index contributed by atoms with van der Waals surface area (Å²) in [5, 5.41) is 4.19. The smallest absolute Gasteiger partial charge is 0.320 e. The summed E-state index contributed by atoms with van der Waals surface area (Å²) in [7, 11) is 0. The van der Waals surface area contributed by atoms with Gasteiger partial charge in [-0.25, -0.2) is 4.79 Å². The van der Waals surface area contributed by atoms with Gasteiger partial charge in [0.1, 0.15) is 5.76 Å². The van der Waals surface area contributed by atoms with Crippen molar-refractivity contribution < 1.29 is 14.0 Å². The molecule has 3 atom stereocenters. The first-order valence-corrected chi connectivity index (χ1v) is 15.8. The van der Waals surface area contributed by atoms with Crippen LogP contribution in [0, 0.1) is 0 Å². The molecule has 0 spiro atoms. The van der Waals surface area contributed by atoms with E-state index in [1.54, 1.807) is 6.26 Å². The van der Waals surface area contributed by atoms with Crippen LogP contribution in [0.15, 0.2) is 47.1 Å². The van der Waals surface area contributed by atoms with Crippen LogP contribution in [0.2, 0.25) is 5.02 Å². The number of piperidine rings is 1. The van der Waals surface area contributed by atoms with Crippen LogP contribution in [0.3, 0.4) is 0 Å². The van der Waals surface area contributed by atoms with Crippen LogP contribution in [0.4, 0.5) is 4.79 Å². The first-order valence-electron chi connectivity index (χ1n) is 15.4. The largest absolute Gasteiger partial charge is 0.468 e. The Morgan fingerprint density at radius 3 is 2.22 bits per heavy atom. The van der Waals surface area contributed by atoms with Crippen LogP contribution in [-0.2, 0) is 17.8 Å². The molecular weight excluding hydrogens is 559 g/mol. The SMILES string of the molecule is CCN(CC)C(=O)N(C1CCCCC1)C1CC2CCC(C1)N2C(=O)[C@@H](Cc1ccc(Cl)cc1)NCc1ccco1.Cl. The number of benzene rings is 1. The number of furan rings is 1. The molecule has 1 aromatic heterocycles. The molecule has 3 aliphatic rings. The lowest BCUT2D eigenvalue weighted by atomic mass is 9.89. The van der Waals surface area contributed by atoms with E-state index < -0.39 is 0 Å². The average Bonchev–Trinajstić information content (AvgIpc) is 3.58. The van der Waals surface area contributed by atoms with E-state index >= 15 is 0 Å². The number of hydrogen-bond acceptors (Lipinski definition) is 4. The number of rotatable bonds is 10. The number of halogens is 2. The molecule has 3 heterocycles. The number of urea groups is 1. The van der Waals surface area contributed by atoms with E-state index in [4.69, 9.17) is 16.0 Å². The summed E-state index contributed by atoms with van der Waals surface area (Å²) in [4.78, 5) is 34.5. The molecule has 2 saturated heterocycles. The Kier molecular flexibility index (Phi) is 11.4. The van der Waals surface area contributed by atoms with E-state index in [1.165, 1.54) is 19.3 Å². The lowest BCUT2D eigenvalue weighted by Crippen LogP contribution is -2.60. The van der Waals surface area contributed by atoms with Gasteiger partial charge >= 0.3 is 6.03 Å². The molecule has 1 N–H and O–H groups in total. The molecule has 7 nitrogen and oxygen atoms in total. The predicted molar refractivity (Wildman–Crippen MR) is 165 cm³/mol. The maximum absolute atomic E-state index is 14.2. The number of fused-ring (bicyclic) bond motifs is 2. The highest BCUT2D eigenvalue weighted by Crippen LogP contribution is 2.40. The molecule has 2 bridgehead atoms. The van der Waals surface area contributed by atoms with Crippen molar-refractivity contribution in [3.8, 4) is 0 Å².